The number of amides is 1. The van der Waals surface area contributed by atoms with Crippen LogP contribution in [0.4, 0.5) is 17.1 Å². The Morgan fingerprint density at radius 3 is 2.36 bits per heavy atom. The summed E-state index contributed by atoms with van der Waals surface area (Å²) in [5, 5.41) is 7.59. The molecule has 1 amide bonds. The molecule has 0 aliphatic carbocycles. The van der Waals surface area contributed by atoms with Crippen molar-refractivity contribution in [3.63, 3.8) is 0 Å². The fourth-order valence-corrected chi connectivity index (χ4v) is 2.36. The van der Waals surface area contributed by atoms with Crippen LogP contribution in [0.2, 0.25) is 0 Å². The summed E-state index contributed by atoms with van der Waals surface area (Å²) < 4.78 is 0. The highest BCUT2D eigenvalue weighted by atomic mass is 16.7. The molecule has 0 unspecified atom stereocenters. The number of hydrogen-bond donors (Lipinski definition) is 2. The number of benzene rings is 3. The molecule has 3 aromatic carbocycles. The second-order valence-electron chi connectivity index (χ2n) is 6.04. The average Bonchev–Trinajstić information content (AvgIpc) is 2.71. The fraction of sp³-hybridized carbons (Fsp3) is 0.0476. The molecule has 0 saturated heterocycles. The number of nitrogens with two attached hydrogens (primary N) is 1. The van der Waals surface area contributed by atoms with Gasteiger partial charge in [0.1, 0.15) is 0 Å². The van der Waals surface area contributed by atoms with Gasteiger partial charge in [0.05, 0.1) is 16.9 Å². The van der Waals surface area contributed by atoms with Crippen molar-refractivity contribution in [3.8, 4) is 0 Å². The van der Waals surface area contributed by atoms with Gasteiger partial charge in [-0.3, -0.25) is 4.79 Å². The number of aryl methyl sites for hydroxylation is 1. The van der Waals surface area contributed by atoms with Crippen molar-refractivity contribution in [2.24, 2.45) is 10.2 Å². The number of anilines is 2. The summed E-state index contributed by atoms with van der Waals surface area (Å²) in [4.78, 5) is 29.1. The molecular formula is C21H18N4O3. The SMILES string of the molecule is Cc1cccc(C(=O)ONc2ccc(N=NC(=O)c3cccc(N)c3)cc2)c1. The van der Waals surface area contributed by atoms with Gasteiger partial charge in [0.2, 0.25) is 0 Å². The predicted octanol–water partition coefficient (Wildman–Crippen LogP) is 4.69. The maximum Gasteiger partial charge on any atom is 0.362 e. The number of nitrogens with one attached hydrogen (secondary N) is 1. The van der Waals surface area contributed by atoms with Crippen molar-refractivity contribution in [3.05, 3.63) is 89.5 Å². The highest BCUT2D eigenvalue weighted by molar-refractivity contribution is 5.95. The maximum absolute atomic E-state index is 12.0. The van der Waals surface area contributed by atoms with Gasteiger partial charge in [-0.25, -0.2) is 10.3 Å². The van der Waals surface area contributed by atoms with E-state index < -0.39 is 11.9 Å². The van der Waals surface area contributed by atoms with E-state index in [1.165, 1.54) is 6.07 Å². The van der Waals surface area contributed by atoms with Crippen LogP contribution in [-0.2, 0) is 4.84 Å². The third-order valence-corrected chi connectivity index (χ3v) is 3.77. The summed E-state index contributed by atoms with van der Waals surface area (Å²) >= 11 is 0. The van der Waals surface area contributed by atoms with E-state index >= 15 is 0 Å². The molecule has 3 aromatic rings. The number of nitrogen functional groups attached to an aromatic ring is 1. The van der Waals surface area contributed by atoms with E-state index in [9.17, 15) is 9.59 Å². The molecule has 28 heavy (non-hydrogen) atoms. The van der Waals surface area contributed by atoms with Crippen LogP contribution >= 0.6 is 0 Å². The van der Waals surface area contributed by atoms with Gasteiger partial charge in [-0.2, -0.15) is 0 Å². The monoisotopic (exact) mass is 374 g/mol. The van der Waals surface area contributed by atoms with Gasteiger partial charge in [0, 0.05) is 11.3 Å². The zero-order valence-electron chi connectivity index (χ0n) is 15.1. The lowest BCUT2D eigenvalue weighted by Gasteiger charge is -2.07. The molecule has 0 aliphatic heterocycles. The van der Waals surface area contributed by atoms with E-state index in [1.54, 1.807) is 60.7 Å². The smallest absolute Gasteiger partial charge is 0.362 e. The Morgan fingerprint density at radius 2 is 1.64 bits per heavy atom. The minimum atomic E-state index is -0.486. The first-order valence-corrected chi connectivity index (χ1v) is 8.47. The van der Waals surface area contributed by atoms with E-state index in [1.807, 2.05) is 13.0 Å². The second-order valence-corrected chi connectivity index (χ2v) is 6.04. The fourth-order valence-electron chi connectivity index (χ4n) is 2.36. The molecule has 0 spiro atoms. The molecule has 0 saturated carbocycles. The summed E-state index contributed by atoms with van der Waals surface area (Å²) in [5.74, 6) is -0.971. The third-order valence-electron chi connectivity index (χ3n) is 3.77. The number of hydrogen-bond acceptors (Lipinski definition) is 6. The Bertz CT molecular complexity index is 1030. The van der Waals surface area contributed by atoms with Crippen LogP contribution in [0.3, 0.4) is 0 Å². The summed E-state index contributed by atoms with van der Waals surface area (Å²) in [7, 11) is 0. The summed E-state index contributed by atoms with van der Waals surface area (Å²) in [5.41, 5.74) is 11.5. The van der Waals surface area contributed by atoms with Crippen molar-refractivity contribution in [2.75, 3.05) is 11.2 Å². The molecule has 0 bridgehead atoms. The second kappa shape index (κ2) is 8.59. The molecule has 0 radical (unpaired) electrons. The Morgan fingerprint density at radius 1 is 0.929 bits per heavy atom. The van der Waals surface area contributed by atoms with Crippen LogP contribution in [0.25, 0.3) is 0 Å². The number of azo groups is 1. The first-order valence-electron chi connectivity index (χ1n) is 8.47. The van der Waals surface area contributed by atoms with E-state index in [0.29, 0.717) is 28.2 Å². The largest absolute Gasteiger partial charge is 0.399 e. The minimum Gasteiger partial charge on any atom is -0.399 e. The molecule has 0 fully saturated rings. The number of carbonyl (C=O) groups excluding carboxylic acids is 2. The Kier molecular flexibility index (Phi) is 5.76. The first kappa shape index (κ1) is 18.8. The van der Waals surface area contributed by atoms with Crippen LogP contribution < -0.4 is 11.2 Å². The zero-order valence-corrected chi connectivity index (χ0v) is 15.1. The number of rotatable bonds is 5. The quantitative estimate of drug-likeness (QED) is 0.383. The van der Waals surface area contributed by atoms with E-state index in [2.05, 4.69) is 15.7 Å². The van der Waals surface area contributed by atoms with Crippen molar-refractivity contribution in [1.82, 2.24) is 0 Å². The van der Waals surface area contributed by atoms with Gasteiger partial charge in [0.25, 0.3) is 5.91 Å². The van der Waals surface area contributed by atoms with Crippen LogP contribution in [0, 0.1) is 6.92 Å². The molecular weight excluding hydrogens is 356 g/mol. The van der Waals surface area contributed by atoms with Crippen molar-refractivity contribution in [1.29, 1.82) is 0 Å². The first-order chi connectivity index (χ1) is 13.5. The van der Waals surface area contributed by atoms with Gasteiger partial charge in [-0.1, -0.05) is 23.8 Å². The highest BCUT2D eigenvalue weighted by Gasteiger charge is 2.08. The average molecular weight is 374 g/mol. The zero-order chi connectivity index (χ0) is 19.9. The third kappa shape index (κ3) is 5.01. The van der Waals surface area contributed by atoms with E-state index in [-0.39, 0.29) is 0 Å². The van der Waals surface area contributed by atoms with Gasteiger partial charge >= 0.3 is 5.97 Å². The molecule has 0 heterocycles. The van der Waals surface area contributed by atoms with Gasteiger partial charge in [-0.15, -0.1) is 10.2 Å². The molecule has 3 rings (SSSR count). The number of carbonyl (C=O) groups is 2. The van der Waals surface area contributed by atoms with E-state index in [4.69, 9.17) is 10.6 Å². The van der Waals surface area contributed by atoms with Crippen molar-refractivity contribution < 1.29 is 14.4 Å². The lowest BCUT2D eigenvalue weighted by molar-refractivity contribution is 0.0596. The molecule has 3 N–H and O–H groups in total. The molecule has 0 aliphatic rings. The number of nitrogens with zero attached hydrogens (tertiary/aromatic N) is 2. The topological polar surface area (TPSA) is 106 Å². The molecule has 140 valence electrons. The van der Waals surface area contributed by atoms with Gasteiger partial charge < -0.3 is 10.6 Å². The summed E-state index contributed by atoms with van der Waals surface area (Å²) in [6.07, 6.45) is 0. The van der Waals surface area contributed by atoms with Crippen LogP contribution in [0.1, 0.15) is 26.3 Å². The predicted molar refractivity (Wildman–Crippen MR) is 106 cm³/mol. The Labute approximate surface area is 161 Å². The maximum atomic E-state index is 12.0. The van der Waals surface area contributed by atoms with Gasteiger partial charge in [-0.05, 0) is 61.5 Å². The highest BCUT2D eigenvalue weighted by Crippen LogP contribution is 2.18. The van der Waals surface area contributed by atoms with Gasteiger partial charge in [0.15, 0.2) is 0 Å². The lowest BCUT2D eigenvalue weighted by Crippen LogP contribution is -2.10. The summed E-state index contributed by atoms with van der Waals surface area (Å²) in [6, 6.07) is 20.2. The van der Waals surface area contributed by atoms with Crippen LogP contribution in [-0.4, -0.2) is 11.9 Å². The standard InChI is InChI=1S/C21H18N4O3/c1-14-4-2-6-16(12-14)21(27)28-25-19-10-8-18(9-11-19)23-24-20(26)15-5-3-7-17(22)13-15/h2-13,25H,22H2,1H3. The van der Waals surface area contributed by atoms with Crippen LogP contribution in [0.5, 0.6) is 0 Å². The minimum absolute atomic E-state index is 0.366. The van der Waals surface area contributed by atoms with Crippen LogP contribution in [0.15, 0.2) is 83.0 Å². The summed E-state index contributed by atoms with van der Waals surface area (Å²) in [6.45, 7) is 1.90. The molecule has 0 aromatic heterocycles. The molecule has 7 nitrogen and oxygen atoms in total. The van der Waals surface area contributed by atoms with E-state index in [0.717, 1.165) is 5.56 Å². The Hall–Kier alpha value is -4.00. The van der Waals surface area contributed by atoms with Crippen molar-refractivity contribution >= 4 is 28.9 Å². The Balaban J connectivity index is 1.57. The lowest BCUT2D eigenvalue weighted by atomic mass is 10.1. The normalized spacial score (nSPS) is 10.6. The molecule has 0 atom stereocenters. The van der Waals surface area contributed by atoms with Crippen molar-refractivity contribution in [2.45, 2.75) is 6.92 Å². The molecule has 7 heteroatoms.